The highest BCUT2D eigenvalue weighted by Crippen LogP contribution is 2.20. The van der Waals surface area contributed by atoms with Gasteiger partial charge in [0.25, 0.3) is 0 Å². The zero-order valence-corrected chi connectivity index (χ0v) is 12.1. The average Bonchev–Trinajstić information content (AvgIpc) is 2.43. The van der Waals surface area contributed by atoms with Crippen molar-refractivity contribution in [1.29, 1.82) is 0 Å². The summed E-state index contributed by atoms with van der Waals surface area (Å²) in [6.45, 7) is 9.48. The largest absolute Gasteiger partial charge is 0.382 e. The smallest absolute Gasteiger partial charge is 0.0593 e. The van der Waals surface area contributed by atoms with Gasteiger partial charge in [0.05, 0.1) is 6.61 Å². The molecule has 106 valence electrons. The van der Waals surface area contributed by atoms with Gasteiger partial charge in [-0.1, -0.05) is 25.1 Å². The highest BCUT2D eigenvalue weighted by atomic mass is 16.5. The van der Waals surface area contributed by atoms with E-state index in [4.69, 9.17) is 4.74 Å². The minimum Gasteiger partial charge on any atom is -0.382 e. The first-order valence-electron chi connectivity index (χ1n) is 7.41. The average molecular weight is 262 g/mol. The van der Waals surface area contributed by atoms with Gasteiger partial charge in [-0.3, -0.25) is 0 Å². The van der Waals surface area contributed by atoms with Crippen molar-refractivity contribution in [3.05, 3.63) is 30.3 Å². The molecule has 2 rings (SSSR count). The summed E-state index contributed by atoms with van der Waals surface area (Å²) >= 11 is 0. The number of benzene rings is 1. The summed E-state index contributed by atoms with van der Waals surface area (Å²) in [5.41, 5.74) is 1.24. The van der Waals surface area contributed by atoms with E-state index in [9.17, 15) is 0 Å². The molecule has 3 nitrogen and oxygen atoms in total. The molecule has 1 saturated heterocycles. The molecule has 1 aliphatic heterocycles. The van der Waals surface area contributed by atoms with Crippen LogP contribution in [-0.4, -0.2) is 43.8 Å². The van der Waals surface area contributed by atoms with Gasteiger partial charge in [-0.25, -0.2) is 0 Å². The van der Waals surface area contributed by atoms with Crippen LogP contribution in [0.2, 0.25) is 0 Å². The summed E-state index contributed by atoms with van der Waals surface area (Å²) in [6.07, 6.45) is 1.21. The summed E-state index contributed by atoms with van der Waals surface area (Å²) in [5.74, 6) is 0.676. The molecule has 1 aromatic rings. The standard InChI is InChI=1S/C16H26N2O/c1-3-19-12-11-18-10-9-16(14(2)13-18)17-15-7-5-4-6-8-15/h4-8,14,16-17H,3,9-13H2,1-2H3/t14-,16+/m0/s1. The topological polar surface area (TPSA) is 24.5 Å². The Labute approximate surface area is 116 Å². The van der Waals surface area contributed by atoms with Gasteiger partial charge in [-0.2, -0.15) is 0 Å². The fraction of sp³-hybridized carbons (Fsp3) is 0.625. The summed E-state index contributed by atoms with van der Waals surface area (Å²) in [5, 5.41) is 3.66. The first kappa shape index (κ1) is 14.4. The van der Waals surface area contributed by atoms with Crippen molar-refractivity contribution in [2.75, 3.05) is 38.2 Å². The maximum Gasteiger partial charge on any atom is 0.0593 e. The molecular weight excluding hydrogens is 236 g/mol. The number of hydrogen-bond acceptors (Lipinski definition) is 3. The van der Waals surface area contributed by atoms with E-state index in [0.717, 1.165) is 26.3 Å². The van der Waals surface area contributed by atoms with Crippen LogP contribution >= 0.6 is 0 Å². The Morgan fingerprint density at radius 1 is 1.32 bits per heavy atom. The Kier molecular flexibility index (Phi) is 5.67. The van der Waals surface area contributed by atoms with Crippen LogP contribution in [0.15, 0.2) is 30.3 Å². The number of piperidine rings is 1. The minimum atomic E-state index is 0.589. The molecule has 1 N–H and O–H groups in total. The Balaban J connectivity index is 1.77. The van der Waals surface area contributed by atoms with Gasteiger partial charge < -0.3 is 15.0 Å². The third-order valence-corrected chi connectivity index (χ3v) is 3.87. The third-order valence-electron chi connectivity index (χ3n) is 3.87. The number of anilines is 1. The number of rotatable bonds is 6. The fourth-order valence-electron chi connectivity index (χ4n) is 2.74. The van der Waals surface area contributed by atoms with E-state index in [2.05, 4.69) is 54.4 Å². The van der Waals surface area contributed by atoms with Crippen LogP contribution in [0.4, 0.5) is 5.69 Å². The van der Waals surface area contributed by atoms with E-state index in [1.165, 1.54) is 18.7 Å². The van der Waals surface area contributed by atoms with Crippen LogP contribution < -0.4 is 5.32 Å². The number of nitrogens with zero attached hydrogens (tertiary/aromatic N) is 1. The highest BCUT2D eigenvalue weighted by molar-refractivity contribution is 5.43. The first-order chi connectivity index (χ1) is 9.29. The lowest BCUT2D eigenvalue weighted by molar-refractivity contribution is 0.0912. The minimum absolute atomic E-state index is 0.589. The molecule has 0 aliphatic carbocycles. The second kappa shape index (κ2) is 7.51. The molecule has 0 unspecified atom stereocenters. The van der Waals surface area contributed by atoms with Gasteiger partial charge in [-0.05, 0) is 31.4 Å². The van der Waals surface area contributed by atoms with E-state index in [-0.39, 0.29) is 0 Å². The number of para-hydroxylation sites is 1. The van der Waals surface area contributed by atoms with Gasteiger partial charge in [0.1, 0.15) is 0 Å². The van der Waals surface area contributed by atoms with Crippen molar-refractivity contribution in [1.82, 2.24) is 4.90 Å². The van der Waals surface area contributed by atoms with Crippen molar-refractivity contribution in [3.8, 4) is 0 Å². The van der Waals surface area contributed by atoms with Crippen LogP contribution in [-0.2, 0) is 4.74 Å². The van der Waals surface area contributed by atoms with E-state index in [1.54, 1.807) is 0 Å². The van der Waals surface area contributed by atoms with Crippen LogP contribution in [0.3, 0.4) is 0 Å². The first-order valence-corrected chi connectivity index (χ1v) is 7.41. The molecule has 0 aromatic heterocycles. The predicted octanol–water partition coefficient (Wildman–Crippen LogP) is 2.85. The number of nitrogens with one attached hydrogen (secondary N) is 1. The van der Waals surface area contributed by atoms with E-state index in [1.807, 2.05) is 0 Å². The molecule has 0 saturated carbocycles. The van der Waals surface area contributed by atoms with Gasteiger partial charge in [0, 0.05) is 38.0 Å². The molecule has 1 fully saturated rings. The van der Waals surface area contributed by atoms with Gasteiger partial charge in [0.2, 0.25) is 0 Å². The van der Waals surface area contributed by atoms with E-state index >= 15 is 0 Å². The number of hydrogen-bond donors (Lipinski definition) is 1. The summed E-state index contributed by atoms with van der Waals surface area (Å²) in [4.78, 5) is 2.52. The second-order valence-electron chi connectivity index (χ2n) is 5.38. The molecule has 19 heavy (non-hydrogen) atoms. The predicted molar refractivity (Wildman–Crippen MR) is 80.6 cm³/mol. The Morgan fingerprint density at radius 3 is 2.79 bits per heavy atom. The number of ether oxygens (including phenoxy) is 1. The fourth-order valence-corrected chi connectivity index (χ4v) is 2.74. The van der Waals surface area contributed by atoms with E-state index < -0.39 is 0 Å². The Bertz CT molecular complexity index is 355. The Hall–Kier alpha value is -1.06. The lowest BCUT2D eigenvalue weighted by atomic mass is 9.93. The molecule has 1 aromatic carbocycles. The van der Waals surface area contributed by atoms with Gasteiger partial charge in [-0.15, -0.1) is 0 Å². The van der Waals surface area contributed by atoms with Crippen molar-refractivity contribution in [2.45, 2.75) is 26.3 Å². The monoisotopic (exact) mass is 262 g/mol. The van der Waals surface area contributed by atoms with Gasteiger partial charge >= 0.3 is 0 Å². The van der Waals surface area contributed by atoms with Crippen LogP contribution in [0.1, 0.15) is 20.3 Å². The summed E-state index contributed by atoms with van der Waals surface area (Å²) < 4.78 is 5.44. The van der Waals surface area contributed by atoms with E-state index in [0.29, 0.717) is 12.0 Å². The zero-order chi connectivity index (χ0) is 13.5. The maximum atomic E-state index is 5.44. The molecule has 1 heterocycles. The normalized spacial score (nSPS) is 24.3. The van der Waals surface area contributed by atoms with Crippen LogP contribution in [0.5, 0.6) is 0 Å². The third kappa shape index (κ3) is 4.51. The molecule has 1 aliphatic rings. The molecule has 3 heteroatoms. The zero-order valence-electron chi connectivity index (χ0n) is 12.1. The quantitative estimate of drug-likeness (QED) is 0.798. The molecule has 2 atom stereocenters. The summed E-state index contributed by atoms with van der Waals surface area (Å²) in [7, 11) is 0. The lowest BCUT2D eigenvalue weighted by Gasteiger charge is -2.37. The van der Waals surface area contributed by atoms with Crippen LogP contribution in [0.25, 0.3) is 0 Å². The van der Waals surface area contributed by atoms with Crippen LogP contribution in [0, 0.1) is 5.92 Å². The molecule has 0 radical (unpaired) electrons. The second-order valence-corrected chi connectivity index (χ2v) is 5.38. The molecular formula is C16H26N2O. The molecule has 0 bridgehead atoms. The number of likely N-dealkylation sites (tertiary alicyclic amines) is 1. The van der Waals surface area contributed by atoms with Crippen molar-refractivity contribution in [2.24, 2.45) is 5.92 Å². The van der Waals surface area contributed by atoms with Gasteiger partial charge in [0.15, 0.2) is 0 Å². The maximum absolute atomic E-state index is 5.44. The Morgan fingerprint density at radius 2 is 2.11 bits per heavy atom. The molecule has 0 spiro atoms. The summed E-state index contributed by atoms with van der Waals surface area (Å²) in [6, 6.07) is 11.1. The molecule has 0 amide bonds. The van der Waals surface area contributed by atoms with Crippen molar-refractivity contribution < 1.29 is 4.74 Å². The van der Waals surface area contributed by atoms with Crippen molar-refractivity contribution >= 4 is 5.69 Å². The highest BCUT2D eigenvalue weighted by Gasteiger charge is 2.25. The van der Waals surface area contributed by atoms with Crippen molar-refractivity contribution in [3.63, 3.8) is 0 Å². The SMILES string of the molecule is CCOCCN1CC[C@@H](Nc2ccccc2)[C@@H](C)C1. The lowest BCUT2D eigenvalue weighted by Crippen LogP contribution is -2.46.